The molecule has 37 heavy (non-hydrogen) atoms. The van der Waals surface area contributed by atoms with Gasteiger partial charge in [-0.1, -0.05) is 68.8 Å². The lowest BCUT2D eigenvalue weighted by Crippen LogP contribution is -2.30. The second kappa shape index (κ2) is 9.94. The molecule has 7 heteroatoms. The Labute approximate surface area is 222 Å². The third-order valence-electron chi connectivity index (χ3n) is 6.70. The van der Waals surface area contributed by atoms with Crippen molar-refractivity contribution in [1.82, 2.24) is 0 Å². The first-order valence-corrected chi connectivity index (χ1v) is 12.3. The molecule has 1 fully saturated rings. The van der Waals surface area contributed by atoms with Crippen molar-refractivity contribution < 1.29 is 24.2 Å². The highest BCUT2D eigenvalue weighted by Gasteiger charge is 2.48. The molecule has 3 aromatic rings. The van der Waals surface area contributed by atoms with Crippen LogP contribution in [0.3, 0.4) is 0 Å². The van der Waals surface area contributed by atoms with Gasteiger partial charge in [0.05, 0.1) is 25.8 Å². The van der Waals surface area contributed by atoms with E-state index in [9.17, 15) is 14.7 Å². The summed E-state index contributed by atoms with van der Waals surface area (Å²) in [6, 6.07) is 17.0. The van der Waals surface area contributed by atoms with Gasteiger partial charge in [-0.15, -0.1) is 0 Å². The summed E-state index contributed by atoms with van der Waals surface area (Å²) in [7, 11) is 2.92. The zero-order chi connectivity index (χ0) is 27.1. The van der Waals surface area contributed by atoms with Crippen molar-refractivity contribution in [3.63, 3.8) is 0 Å². The second-order valence-electron chi connectivity index (χ2n) is 9.96. The van der Waals surface area contributed by atoms with Crippen LogP contribution in [0.1, 0.15) is 49.1 Å². The fourth-order valence-corrected chi connectivity index (χ4v) is 4.81. The number of carbonyl (C=O) groups excluding carboxylic acids is 2. The van der Waals surface area contributed by atoms with Crippen LogP contribution in [0.4, 0.5) is 5.69 Å². The molecular formula is C30H30ClNO5. The first-order chi connectivity index (χ1) is 17.5. The Kier molecular flexibility index (Phi) is 7.07. The molecule has 0 aliphatic carbocycles. The van der Waals surface area contributed by atoms with Gasteiger partial charge in [-0.2, -0.15) is 0 Å². The van der Waals surface area contributed by atoms with Crippen LogP contribution >= 0.6 is 11.6 Å². The summed E-state index contributed by atoms with van der Waals surface area (Å²) < 4.78 is 10.9. The summed E-state index contributed by atoms with van der Waals surface area (Å²) >= 11 is 6.40. The molecule has 4 rings (SSSR count). The van der Waals surface area contributed by atoms with Gasteiger partial charge in [0, 0.05) is 10.7 Å². The van der Waals surface area contributed by atoms with Crippen molar-refractivity contribution in [1.29, 1.82) is 0 Å². The van der Waals surface area contributed by atoms with Crippen LogP contribution in [0.15, 0.2) is 66.2 Å². The number of ether oxygens (including phenoxy) is 2. The number of carbonyl (C=O) groups is 2. The molecule has 1 aliphatic rings. The van der Waals surface area contributed by atoms with Crippen LogP contribution in [-0.2, 0) is 15.0 Å². The number of aliphatic hydroxyl groups is 1. The highest BCUT2D eigenvalue weighted by atomic mass is 35.5. The van der Waals surface area contributed by atoms with Crippen molar-refractivity contribution in [3.8, 4) is 11.5 Å². The van der Waals surface area contributed by atoms with Gasteiger partial charge in [0.2, 0.25) is 0 Å². The maximum atomic E-state index is 13.6. The Morgan fingerprint density at radius 1 is 0.919 bits per heavy atom. The summed E-state index contributed by atoms with van der Waals surface area (Å²) in [5.74, 6) is -1.33. The minimum atomic E-state index is -0.902. The maximum Gasteiger partial charge on any atom is 0.300 e. The number of hydrogen-bond acceptors (Lipinski definition) is 5. The Hall–Kier alpha value is -3.77. The maximum absolute atomic E-state index is 13.6. The minimum absolute atomic E-state index is 0.0596. The topological polar surface area (TPSA) is 76.1 Å². The van der Waals surface area contributed by atoms with Crippen molar-refractivity contribution in [2.45, 2.75) is 39.2 Å². The van der Waals surface area contributed by atoms with Gasteiger partial charge in [0.25, 0.3) is 11.7 Å². The number of benzene rings is 3. The zero-order valence-electron chi connectivity index (χ0n) is 21.8. The number of hydrogen-bond donors (Lipinski definition) is 1. The lowest BCUT2D eigenvalue weighted by molar-refractivity contribution is -0.132. The van der Waals surface area contributed by atoms with Crippen LogP contribution in [0, 0.1) is 6.92 Å². The van der Waals surface area contributed by atoms with E-state index >= 15 is 0 Å². The molecule has 1 heterocycles. The fourth-order valence-electron chi connectivity index (χ4n) is 4.64. The number of halogens is 1. The van der Waals surface area contributed by atoms with Gasteiger partial charge in [-0.05, 0) is 53.3 Å². The summed E-state index contributed by atoms with van der Waals surface area (Å²) in [4.78, 5) is 28.6. The fraction of sp³-hybridized carbons (Fsp3) is 0.267. The number of anilines is 1. The van der Waals surface area contributed by atoms with Gasteiger partial charge in [0.15, 0.2) is 0 Å². The Balaban J connectivity index is 2.03. The second-order valence-corrected chi connectivity index (χ2v) is 10.4. The molecule has 0 spiro atoms. The average molecular weight is 520 g/mol. The van der Waals surface area contributed by atoms with Gasteiger partial charge in [-0.3, -0.25) is 14.5 Å². The summed E-state index contributed by atoms with van der Waals surface area (Å²) in [5.41, 5.74) is 2.96. The number of aliphatic hydroxyl groups excluding tert-OH is 1. The first-order valence-electron chi connectivity index (χ1n) is 11.9. The van der Waals surface area contributed by atoms with Crippen molar-refractivity contribution in [2.24, 2.45) is 0 Å². The molecule has 6 nitrogen and oxygen atoms in total. The van der Waals surface area contributed by atoms with Crippen molar-refractivity contribution in [3.05, 3.63) is 93.5 Å². The van der Waals surface area contributed by atoms with Crippen molar-refractivity contribution >= 4 is 34.7 Å². The molecule has 1 saturated heterocycles. The third kappa shape index (κ3) is 4.58. The monoisotopic (exact) mass is 519 g/mol. The van der Waals surface area contributed by atoms with E-state index in [1.807, 2.05) is 24.3 Å². The van der Waals surface area contributed by atoms with Gasteiger partial charge in [0.1, 0.15) is 22.8 Å². The molecule has 3 aromatic carbocycles. The first kappa shape index (κ1) is 26.3. The van der Waals surface area contributed by atoms with E-state index in [2.05, 4.69) is 20.8 Å². The van der Waals surface area contributed by atoms with Gasteiger partial charge in [-0.25, -0.2) is 0 Å². The van der Waals surface area contributed by atoms with E-state index in [4.69, 9.17) is 21.1 Å². The predicted octanol–water partition coefficient (Wildman–Crippen LogP) is 6.59. The van der Waals surface area contributed by atoms with Crippen LogP contribution < -0.4 is 14.4 Å². The highest BCUT2D eigenvalue weighted by Crippen LogP contribution is 2.46. The number of nitrogens with zero attached hydrogens (tertiary/aromatic N) is 1. The number of methoxy groups -OCH3 is 2. The standard InChI is InChI=1S/C30H30ClNO5/c1-17-20(31)9-7-10-21(17)32-26(18-13-15-19(16-14-18)30(2,3)4)25(28(34)29(32)35)27(33)24-22(36-5)11-8-12-23(24)37-6/h7-16,26,33H,1-6H3/b27-25+. The molecule has 0 bridgehead atoms. The summed E-state index contributed by atoms with van der Waals surface area (Å²) in [5, 5.41) is 12.1. The van der Waals surface area contributed by atoms with Gasteiger partial charge >= 0.3 is 0 Å². The highest BCUT2D eigenvalue weighted by molar-refractivity contribution is 6.52. The van der Waals surface area contributed by atoms with E-state index in [1.165, 1.54) is 19.1 Å². The van der Waals surface area contributed by atoms with E-state index in [0.29, 0.717) is 33.3 Å². The van der Waals surface area contributed by atoms with Crippen LogP contribution in [-0.4, -0.2) is 31.0 Å². The normalized spacial score (nSPS) is 17.3. The summed E-state index contributed by atoms with van der Waals surface area (Å²) in [6.45, 7) is 8.12. The molecule has 1 amide bonds. The molecule has 0 aromatic heterocycles. The minimum Gasteiger partial charge on any atom is -0.506 e. The molecule has 1 unspecified atom stereocenters. The van der Waals surface area contributed by atoms with E-state index in [1.54, 1.807) is 43.3 Å². The van der Waals surface area contributed by atoms with Gasteiger partial charge < -0.3 is 14.6 Å². The summed E-state index contributed by atoms with van der Waals surface area (Å²) in [6.07, 6.45) is 0. The van der Waals surface area contributed by atoms with E-state index in [0.717, 1.165) is 5.56 Å². The number of rotatable bonds is 5. The predicted molar refractivity (Wildman–Crippen MR) is 146 cm³/mol. The Morgan fingerprint density at radius 3 is 2.03 bits per heavy atom. The third-order valence-corrected chi connectivity index (χ3v) is 7.11. The molecule has 1 atom stereocenters. The number of ketones is 1. The largest absolute Gasteiger partial charge is 0.506 e. The van der Waals surface area contributed by atoms with Crippen LogP contribution in [0.5, 0.6) is 11.5 Å². The van der Waals surface area contributed by atoms with Crippen LogP contribution in [0.25, 0.3) is 5.76 Å². The van der Waals surface area contributed by atoms with E-state index < -0.39 is 17.7 Å². The lowest BCUT2D eigenvalue weighted by atomic mass is 9.85. The lowest BCUT2D eigenvalue weighted by Gasteiger charge is -2.28. The molecule has 1 N–H and O–H groups in total. The number of amides is 1. The SMILES string of the molecule is COc1cccc(OC)c1/C(O)=C1\C(=O)C(=O)N(c2cccc(Cl)c2C)C1c1ccc(C(C)(C)C)cc1. The zero-order valence-corrected chi connectivity index (χ0v) is 22.5. The Morgan fingerprint density at radius 2 is 1.49 bits per heavy atom. The molecular weight excluding hydrogens is 490 g/mol. The molecule has 1 aliphatic heterocycles. The van der Waals surface area contributed by atoms with Crippen molar-refractivity contribution in [2.75, 3.05) is 19.1 Å². The average Bonchev–Trinajstić information content (AvgIpc) is 3.14. The smallest absolute Gasteiger partial charge is 0.300 e. The quantitative estimate of drug-likeness (QED) is 0.234. The molecule has 0 saturated carbocycles. The Bertz CT molecular complexity index is 1380. The molecule has 192 valence electrons. The van der Waals surface area contributed by atoms with Crippen LogP contribution in [0.2, 0.25) is 5.02 Å². The molecule has 0 radical (unpaired) electrons. The van der Waals surface area contributed by atoms with E-state index in [-0.39, 0.29) is 22.3 Å². The number of Topliss-reactive ketones (excluding diaryl/α,β-unsaturated/α-hetero) is 1.